The van der Waals surface area contributed by atoms with Crippen LogP contribution in [-0.4, -0.2) is 57.0 Å². The van der Waals surface area contributed by atoms with Gasteiger partial charge in [-0.3, -0.25) is 14.5 Å². The van der Waals surface area contributed by atoms with Crippen LogP contribution in [0.5, 0.6) is 0 Å². The molecular formula is C24H31FN4O2. The van der Waals surface area contributed by atoms with Gasteiger partial charge in [0.25, 0.3) is 0 Å². The van der Waals surface area contributed by atoms with E-state index in [4.69, 9.17) is 0 Å². The van der Waals surface area contributed by atoms with E-state index in [2.05, 4.69) is 39.8 Å². The Morgan fingerprint density at radius 3 is 2.19 bits per heavy atom. The van der Waals surface area contributed by atoms with Gasteiger partial charge in [0.15, 0.2) is 0 Å². The predicted octanol–water partition coefficient (Wildman–Crippen LogP) is 2.50. The minimum atomic E-state index is -0.648. The molecule has 2 N–H and O–H groups in total. The number of benzene rings is 2. The highest BCUT2D eigenvalue weighted by atomic mass is 19.1. The first-order valence-electron chi connectivity index (χ1n) is 10.8. The molecule has 1 aliphatic heterocycles. The number of hydrogen-bond donors (Lipinski definition) is 2. The molecule has 1 atom stereocenters. The fraction of sp³-hybridized carbons (Fsp3) is 0.417. The van der Waals surface area contributed by atoms with Crippen LogP contribution in [0.2, 0.25) is 0 Å². The summed E-state index contributed by atoms with van der Waals surface area (Å²) in [5.41, 5.74) is 3.15. The summed E-state index contributed by atoms with van der Waals surface area (Å²) >= 11 is 0. The molecule has 0 unspecified atom stereocenters. The Balaban J connectivity index is 1.52. The van der Waals surface area contributed by atoms with Gasteiger partial charge in [-0.2, -0.15) is 0 Å². The summed E-state index contributed by atoms with van der Waals surface area (Å²) in [6.07, 6.45) is 2.82. The van der Waals surface area contributed by atoms with Crippen LogP contribution < -0.4 is 15.5 Å². The third-order valence-corrected chi connectivity index (χ3v) is 5.65. The third kappa shape index (κ3) is 6.52. The molecular weight excluding hydrogens is 395 g/mol. The molecule has 2 aromatic rings. The number of rotatable bonds is 8. The Labute approximate surface area is 183 Å². The SMILES string of the molecule is CN(C)c1ccc([C@@H](CNC(=O)C(=O)NCCc2ccc(F)cc2)N2CCCC2)cc1. The van der Waals surface area contributed by atoms with E-state index in [0.29, 0.717) is 19.5 Å². The van der Waals surface area contributed by atoms with E-state index < -0.39 is 11.8 Å². The zero-order valence-electron chi connectivity index (χ0n) is 18.2. The molecule has 2 aromatic carbocycles. The van der Waals surface area contributed by atoms with E-state index in [1.54, 1.807) is 12.1 Å². The normalized spacial score (nSPS) is 14.8. The Morgan fingerprint density at radius 1 is 0.968 bits per heavy atom. The maximum atomic E-state index is 13.0. The molecule has 0 aromatic heterocycles. The molecule has 1 saturated heterocycles. The topological polar surface area (TPSA) is 64.7 Å². The number of likely N-dealkylation sites (tertiary alicyclic amines) is 1. The molecule has 0 aliphatic carbocycles. The van der Waals surface area contributed by atoms with Gasteiger partial charge in [-0.15, -0.1) is 0 Å². The highest BCUT2D eigenvalue weighted by Crippen LogP contribution is 2.26. The summed E-state index contributed by atoms with van der Waals surface area (Å²) in [4.78, 5) is 28.9. The molecule has 1 fully saturated rings. The zero-order valence-corrected chi connectivity index (χ0v) is 18.2. The molecule has 0 spiro atoms. The van der Waals surface area contributed by atoms with Gasteiger partial charge in [0.05, 0.1) is 6.04 Å². The average Bonchev–Trinajstić information content (AvgIpc) is 3.30. The van der Waals surface area contributed by atoms with Crippen molar-refractivity contribution in [2.45, 2.75) is 25.3 Å². The van der Waals surface area contributed by atoms with Crippen molar-refractivity contribution in [2.75, 3.05) is 45.2 Å². The van der Waals surface area contributed by atoms with Crippen LogP contribution in [-0.2, 0) is 16.0 Å². The van der Waals surface area contributed by atoms with Crippen LogP contribution >= 0.6 is 0 Å². The van der Waals surface area contributed by atoms with E-state index in [1.165, 1.54) is 12.1 Å². The summed E-state index contributed by atoms with van der Waals surface area (Å²) in [6.45, 7) is 2.67. The van der Waals surface area contributed by atoms with Gasteiger partial charge in [0.2, 0.25) is 0 Å². The van der Waals surface area contributed by atoms with Gasteiger partial charge in [0, 0.05) is 32.9 Å². The summed E-state index contributed by atoms with van der Waals surface area (Å²) in [5.74, 6) is -1.57. The lowest BCUT2D eigenvalue weighted by atomic mass is 10.0. The lowest BCUT2D eigenvalue weighted by molar-refractivity contribution is -0.139. The van der Waals surface area contributed by atoms with Gasteiger partial charge < -0.3 is 15.5 Å². The molecule has 7 heteroatoms. The van der Waals surface area contributed by atoms with Crippen molar-refractivity contribution >= 4 is 17.5 Å². The molecule has 0 saturated carbocycles. The minimum absolute atomic E-state index is 0.0367. The Bertz CT molecular complexity index is 862. The number of amides is 2. The van der Waals surface area contributed by atoms with Crippen LogP contribution in [0.3, 0.4) is 0 Å². The summed E-state index contributed by atoms with van der Waals surface area (Å²) in [5, 5.41) is 5.43. The lowest BCUT2D eigenvalue weighted by Gasteiger charge is -2.28. The van der Waals surface area contributed by atoms with Crippen molar-refractivity contribution in [2.24, 2.45) is 0 Å². The fourth-order valence-corrected chi connectivity index (χ4v) is 3.83. The second-order valence-corrected chi connectivity index (χ2v) is 8.09. The van der Waals surface area contributed by atoms with Crippen LogP contribution in [0.15, 0.2) is 48.5 Å². The minimum Gasteiger partial charge on any atom is -0.378 e. The van der Waals surface area contributed by atoms with E-state index in [9.17, 15) is 14.0 Å². The van der Waals surface area contributed by atoms with Gasteiger partial charge in [0.1, 0.15) is 5.82 Å². The van der Waals surface area contributed by atoms with E-state index in [1.807, 2.05) is 19.0 Å². The first-order chi connectivity index (χ1) is 14.9. The molecule has 2 amide bonds. The third-order valence-electron chi connectivity index (χ3n) is 5.65. The summed E-state index contributed by atoms with van der Waals surface area (Å²) in [6, 6.07) is 14.5. The van der Waals surface area contributed by atoms with Crippen molar-refractivity contribution in [1.29, 1.82) is 0 Å². The Morgan fingerprint density at radius 2 is 1.58 bits per heavy atom. The molecule has 1 aliphatic rings. The first kappa shape index (κ1) is 22.7. The number of hydrogen-bond acceptors (Lipinski definition) is 4. The van der Waals surface area contributed by atoms with Gasteiger partial charge in [-0.25, -0.2) is 4.39 Å². The van der Waals surface area contributed by atoms with Crippen LogP contribution in [0, 0.1) is 5.82 Å². The molecule has 0 radical (unpaired) electrons. The standard InChI is InChI=1S/C24H31FN4O2/c1-28(2)21-11-7-19(8-12-21)22(29-15-3-4-16-29)17-27-24(31)23(30)26-14-13-18-5-9-20(25)10-6-18/h5-12,22H,3-4,13-17H2,1-2H3,(H,26,30)(H,27,31)/t22-/m1/s1. The molecule has 166 valence electrons. The number of halogens is 1. The molecule has 3 rings (SSSR count). The second kappa shape index (κ2) is 10.9. The molecule has 1 heterocycles. The van der Waals surface area contributed by atoms with Crippen molar-refractivity contribution in [1.82, 2.24) is 15.5 Å². The van der Waals surface area contributed by atoms with Gasteiger partial charge in [-0.05, 0) is 67.7 Å². The number of carbonyl (C=O) groups is 2. The highest BCUT2D eigenvalue weighted by Gasteiger charge is 2.25. The van der Waals surface area contributed by atoms with Gasteiger partial charge >= 0.3 is 11.8 Å². The van der Waals surface area contributed by atoms with Crippen molar-refractivity contribution in [3.63, 3.8) is 0 Å². The predicted molar refractivity (Wildman–Crippen MR) is 120 cm³/mol. The van der Waals surface area contributed by atoms with Crippen LogP contribution in [0.4, 0.5) is 10.1 Å². The van der Waals surface area contributed by atoms with E-state index >= 15 is 0 Å². The second-order valence-electron chi connectivity index (χ2n) is 8.09. The number of carbonyl (C=O) groups excluding carboxylic acids is 2. The van der Waals surface area contributed by atoms with Crippen molar-refractivity contribution in [3.05, 3.63) is 65.5 Å². The Kier molecular flexibility index (Phi) is 8.00. The van der Waals surface area contributed by atoms with Crippen molar-refractivity contribution < 1.29 is 14.0 Å². The van der Waals surface area contributed by atoms with E-state index in [0.717, 1.165) is 42.7 Å². The first-order valence-corrected chi connectivity index (χ1v) is 10.8. The fourth-order valence-electron chi connectivity index (χ4n) is 3.83. The quantitative estimate of drug-likeness (QED) is 0.637. The maximum Gasteiger partial charge on any atom is 0.309 e. The smallest absolute Gasteiger partial charge is 0.309 e. The largest absolute Gasteiger partial charge is 0.378 e. The Hall–Kier alpha value is -2.93. The van der Waals surface area contributed by atoms with Crippen LogP contribution in [0.25, 0.3) is 0 Å². The molecule has 31 heavy (non-hydrogen) atoms. The number of nitrogens with zero attached hydrogens (tertiary/aromatic N) is 2. The average molecular weight is 427 g/mol. The summed E-state index contributed by atoms with van der Waals surface area (Å²) < 4.78 is 13.0. The zero-order chi connectivity index (χ0) is 22.2. The van der Waals surface area contributed by atoms with E-state index in [-0.39, 0.29) is 11.9 Å². The molecule has 0 bridgehead atoms. The molecule has 6 nitrogen and oxygen atoms in total. The number of nitrogens with one attached hydrogen (secondary N) is 2. The van der Waals surface area contributed by atoms with Crippen molar-refractivity contribution in [3.8, 4) is 0 Å². The number of anilines is 1. The van der Waals surface area contributed by atoms with Gasteiger partial charge in [-0.1, -0.05) is 24.3 Å². The highest BCUT2D eigenvalue weighted by molar-refractivity contribution is 6.35. The maximum absolute atomic E-state index is 13.0. The summed E-state index contributed by atoms with van der Waals surface area (Å²) in [7, 11) is 4.00. The monoisotopic (exact) mass is 426 g/mol. The van der Waals surface area contributed by atoms with Crippen LogP contribution in [0.1, 0.15) is 30.0 Å². The lowest BCUT2D eigenvalue weighted by Crippen LogP contribution is -2.44.